The van der Waals surface area contributed by atoms with Gasteiger partial charge in [0.15, 0.2) is 0 Å². The molecule has 1 amide bonds. The van der Waals surface area contributed by atoms with Crippen LogP contribution in [0.3, 0.4) is 0 Å². The lowest BCUT2D eigenvalue weighted by Gasteiger charge is -2.21. The SMILES string of the molecule is CC(C(=O)Nc1ccc(F)cc1[N+](=O)[O-])=C1CNC1. The van der Waals surface area contributed by atoms with Crippen molar-refractivity contribution in [3.05, 3.63) is 45.3 Å². The molecule has 7 heteroatoms. The van der Waals surface area contributed by atoms with Gasteiger partial charge in [-0.05, 0) is 24.6 Å². The number of hydrogen-bond donors (Lipinski definition) is 2. The topological polar surface area (TPSA) is 84.3 Å². The zero-order chi connectivity index (χ0) is 14.0. The van der Waals surface area contributed by atoms with Crippen molar-refractivity contribution < 1.29 is 14.1 Å². The predicted octanol–water partition coefficient (Wildman–Crippen LogP) is 1.59. The van der Waals surface area contributed by atoms with E-state index in [0.29, 0.717) is 18.7 Å². The molecule has 0 spiro atoms. The third kappa shape index (κ3) is 2.76. The van der Waals surface area contributed by atoms with Crippen molar-refractivity contribution >= 4 is 17.3 Å². The number of benzene rings is 1. The molecule has 0 radical (unpaired) electrons. The van der Waals surface area contributed by atoms with Gasteiger partial charge in [0.05, 0.1) is 11.0 Å². The fourth-order valence-corrected chi connectivity index (χ4v) is 1.65. The smallest absolute Gasteiger partial charge is 0.295 e. The Morgan fingerprint density at radius 2 is 2.16 bits per heavy atom. The van der Waals surface area contributed by atoms with Gasteiger partial charge in [-0.3, -0.25) is 14.9 Å². The molecule has 0 aliphatic carbocycles. The van der Waals surface area contributed by atoms with E-state index in [1.54, 1.807) is 6.92 Å². The van der Waals surface area contributed by atoms with E-state index in [1.165, 1.54) is 6.07 Å². The van der Waals surface area contributed by atoms with E-state index in [9.17, 15) is 19.3 Å². The maximum atomic E-state index is 13.0. The van der Waals surface area contributed by atoms with E-state index in [1.807, 2.05) is 0 Å². The summed E-state index contributed by atoms with van der Waals surface area (Å²) in [6, 6.07) is 3.03. The third-order valence-corrected chi connectivity index (χ3v) is 2.95. The number of nitrogens with one attached hydrogen (secondary N) is 2. The number of nitro benzene ring substituents is 1. The zero-order valence-electron chi connectivity index (χ0n) is 10.2. The number of amides is 1. The average molecular weight is 265 g/mol. The molecule has 0 unspecified atom stereocenters. The first-order valence-electron chi connectivity index (χ1n) is 5.63. The summed E-state index contributed by atoms with van der Waals surface area (Å²) in [6.45, 7) is 2.94. The molecule has 0 atom stereocenters. The van der Waals surface area contributed by atoms with Crippen LogP contribution in [-0.4, -0.2) is 23.9 Å². The molecular formula is C12H12FN3O3. The number of halogens is 1. The number of nitro groups is 1. The van der Waals surface area contributed by atoms with Gasteiger partial charge in [0.1, 0.15) is 11.5 Å². The van der Waals surface area contributed by atoms with E-state index < -0.39 is 22.3 Å². The summed E-state index contributed by atoms with van der Waals surface area (Å²) in [7, 11) is 0. The Morgan fingerprint density at radius 1 is 1.47 bits per heavy atom. The second kappa shape index (κ2) is 5.15. The molecule has 0 aromatic heterocycles. The third-order valence-electron chi connectivity index (χ3n) is 2.95. The molecule has 0 bridgehead atoms. The lowest BCUT2D eigenvalue weighted by atomic mass is 10.0. The number of carbonyl (C=O) groups excluding carboxylic acids is 1. The Hall–Kier alpha value is -2.28. The Balaban J connectivity index is 2.24. The van der Waals surface area contributed by atoms with Gasteiger partial charge in [-0.25, -0.2) is 4.39 Å². The maximum absolute atomic E-state index is 13.0. The molecule has 1 heterocycles. The highest BCUT2D eigenvalue weighted by atomic mass is 19.1. The fraction of sp³-hybridized carbons (Fsp3) is 0.250. The van der Waals surface area contributed by atoms with Crippen molar-refractivity contribution in [3.63, 3.8) is 0 Å². The molecule has 100 valence electrons. The van der Waals surface area contributed by atoms with Gasteiger partial charge in [0.2, 0.25) is 0 Å². The molecular weight excluding hydrogens is 253 g/mol. The average Bonchev–Trinajstić information content (AvgIpc) is 2.28. The van der Waals surface area contributed by atoms with Crippen LogP contribution in [0, 0.1) is 15.9 Å². The molecule has 1 saturated heterocycles. The quantitative estimate of drug-likeness (QED) is 0.494. The first-order valence-corrected chi connectivity index (χ1v) is 5.63. The van der Waals surface area contributed by atoms with Crippen LogP contribution < -0.4 is 10.6 Å². The van der Waals surface area contributed by atoms with Gasteiger partial charge >= 0.3 is 0 Å². The standard InChI is InChI=1S/C12H12FN3O3/c1-7(8-5-14-6-8)12(17)15-10-3-2-9(13)4-11(10)16(18)19/h2-4,14H,5-6H2,1H3,(H,15,17). The zero-order valence-corrected chi connectivity index (χ0v) is 10.2. The summed E-state index contributed by atoms with van der Waals surface area (Å²) < 4.78 is 13.0. The Kier molecular flexibility index (Phi) is 3.57. The highest BCUT2D eigenvalue weighted by molar-refractivity contribution is 6.05. The molecule has 1 aliphatic heterocycles. The minimum atomic E-state index is -0.730. The molecule has 2 N–H and O–H groups in total. The predicted molar refractivity (Wildman–Crippen MR) is 67.3 cm³/mol. The van der Waals surface area contributed by atoms with Crippen molar-refractivity contribution in [3.8, 4) is 0 Å². The number of rotatable bonds is 3. The van der Waals surface area contributed by atoms with E-state index in [0.717, 1.165) is 17.7 Å². The van der Waals surface area contributed by atoms with Gasteiger partial charge in [0.25, 0.3) is 11.6 Å². The van der Waals surface area contributed by atoms with Crippen LogP contribution in [0.5, 0.6) is 0 Å². The Labute approximate surface area is 108 Å². The molecule has 6 nitrogen and oxygen atoms in total. The fourth-order valence-electron chi connectivity index (χ4n) is 1.65. The molecule has 1 aromatic carbocycles. The van der Waals surface area contributed by atoms with Crippen molar-refractivity contribution in [2.75, 3.05) is 18.4 Å². The highest BCUT2D eigenvalue weighted by Gasteiger charge is 2.20. The highest BCUT2D eigenvalue weighted by Crippen LogP contribution is 2.25. The van der Waals surface area contributed by atoms with Crippen molar-refractivity contribution in [2.45, 2.75) is 6.92 Å². The van der Waals surface area contributed by atoms with Gasteiger partial charge < -0.3 is 10.6 Å². The molecule has 1 fully saturated rings. The molecule has 1 aliphatic rings. The van der Waals surface area contributed by atoms with Crippen LogP contribution in [-0.2, 0) is 4.79 Å². The minimum Gasteiger partial charge on any atom is -0.317 e. The molecule has 2 rings (SSSR count). The largest absolute Gasteiger partial charge is 0.317 e. The first kappa shape index (κ1) is 13.2. The number of nitrogens with zero attached hydrogens (tertiary/aromatic N) is 1. The van der Waals surface area contributed by atoms with Gasteiger partial charge in [0, 0.05) is 18.7 Å². The number of carbonyl (C=O) groups is 1. The molecule has 0 saturated carbocycles. The Morgan fingerprint density at radius 3 is 2.68 bits per heavy atom. The van der Waals surface area contributed by atoms with Crippen LogP contribution in [0.1, 0.15) is 6.92 Å². The van der Waals surface area contributed by atoms with Crippen molar-refractivity contribution in [2.24, 2.45) is 0 Å². The second-order valence-electron chi connectivity index (χ2n) is 4.20. The van der Waals surface area contributed by atoms with Crippen molar-refractivity contribution in [1.29, 1.82) is 0 Å². The lowest BCUT2D eigenvalue weighted by Crippen LogP contribution is -2.36. The van der Waals surface area contributed by atoms with Crippen LogP contribution in [0.25, 0.3) is 0 Å². The summed E-state index contributed by atoms with van der Waals surface area (Å²) in [4.78, 5) is 22.0. The van der Waals surface area contributed by atoms with Crippen LogP contribution in [0.15, 0.2) is 29.3 Å². The van der Waals surface area contributed by atoms with Crippen LogP contribution >= 0.6 is 0 Å². The molecule has 1 aromatic rings. The summed E-state index contributed by atoms with van der Waals surface area (Å²) in [5, 5.41) is 16.2. The van der Waals surface area contributed by atoms with Crippen LogP contribution in [0.2, 0.25) is 0 Å². The van der Waals surface area contributed by atoms with Gasteiger partial charge in [-0.15, -0.1) is 0 Å². The van der Waals surface area contributed by atoms with E-state index >= 15 is 0 Å². The summed E-state index contributed by atoms with van der Waals surface area (Å²) >= 11 is 0. The Bertz CT molecular complexity index is 578. The van der Waals surface area contributed by atoms with Crippen LogP contribution in [0.4, 0.5) is 15.8 Å². The lowest BCUT2D eigenvalue weighted by molar-refractivity contribution is -0.384. The summed E-state index contributed by atoms with van der Waals surface area (Å²) in [5.74, 6) is -1.13. The van der Waals surface area contributed by atoms with E-state index in [2.05, 4.69) is 10.6 Å². The number of anilines is 1. The van der Waals surface area contributed by atoms with E-state index in [4.69, 9.17) is 0 Å². The van der Waals surface area contributed by atoms with Gasteiger partial charge in [-0.1, -0.05) is 0 Å². The second-order valence-corrected chi connectivity index (χ2v) is 4.20. The van der Waals surface area contributed by atoms with Crippen molar-refractivity contribution in [1.82, 2.24) is 5.32 Å². The van der Waals surface area contributed by atoms with Gasteiger partial charge in [-0.2, -0.15) is 0 Å². The summed E-state index contributed by atoms with van der Waals surface area (Å²) in [6.07, 6.45) is 0. The first-order chi connectivity index (χ1) is 8.99. The van der Waals surface area contributed by atoms with E-state index in [-0.39, 0.29) is 5.69 Å². The monoisotopic (exact) mass is 265 g/mol. The minimum absolute atomic E-state index is 0.0105. The number of hydrogen-bond acceptors (Lipinski definition) is 4. The summed E-state index contributed by atoms with van der Waals surface area (Å²) in [5.41, 5.74) is 1.01. The molecule has 19 heavy (non-hydrogen) atoms. The normalized spacial score (nSPS) is 13.7. The maximum Gasteiger partial charge on any atom is 0.295 e.